The molecule has 0 unspecified atom stereocenters. The predicted octanol–water partition coefficient (Wildman–Crippen LogP) is 4.03. The van der Waals surface area contributed by atoms with Gasteiger partial charge in [0.25, 0.3) is 5.91 Å². The fraction of sp³-hybridized carbons (Fsp3) is 0.136. The number of aryl methyl sites for hydroxylation is 1. The van der Waals surface area contributed by atoms with E-state index in [1.54, 1.807) is 19.1 Å². The Kier molecular flexibility index (Phi) is 6.26. The summed E-state index contributed by atoms with van der Waals surface area (Å²) in [6.07, 6.45) is 1.38. The molecule has 3 rings (SSSR count). The van der Waals surface area contributed by atoms with Crippen molar-refractivity contribution in [2.45, 2.75) is 6.92 Å². The van der Waals surface area contributed by atoms with Crippen molar-refractivity contribution >= 4 is 23.3 Å². The molecule has 1 amide bonds. The Morgan fingerprint density at radius 2 is 1.83 bits per heavy atom. The van der Waals surface area contributed by atoms with Gasteiger partial charge in [0, 0.05) is 11.3 Å². The highest BCUT2D eigenvalue weighted by molar-refractivity contribution is 6.04. The summed E-state index contributed by atoms with van der Waals surface area (Å²) in [7, 11) is 1.31. The van der Waals surface area contributed by atoms with Crippen LogP contribution in [0.25, 0.3) is 0 Å². The third-order valence-electron chi connectivity index (χ3n) is 4.27. The lowest BCUT2D eigenvalue weighted by atomic mass is 10.1. The molecule has 8 heteroatoms. The van der Waals surface area contributed by atoms with Crippen molar-refractivity contribution in [1.29, 1.82) is 0 Å². The van der Waals surface area contributed by atoms with E-state index >= 15 is 0 Å². The number of methoxy groups -OCH3 is 1. The maximum atomic E-state index is 13.7. The van der Waals surface area contributed by atoms with Gasteiger partial charge in [-0.2, -0.15) is 0 Å². The van der Waals surface area contributed by atoms with Crippen molar-refractivity contribution in [2.24, 2.45) is 0 Å². The molecule has 0 fully saturated rings. The Morgan fingerprint density at radius 1 is 1.07 bits per heavy atom. The quantitative estimate of drug-likeness (QED) is 0.466. The summed E-state index contributed by atoms with van der Waals surface area (Å²) in [6, 6.07) is 11.4. The molecule has 0 spiro atoms. The van der Waals surface area contributed by atoms with Crippen LogP contribution >= 0.6 is 0 Å². The van der Waals surface area contributed by atoms with Gasteiger partial charge in [0.15, 0.2) is 29.7 Å². The monoisotopic (exact) mass is 411 g/mol. The lowest BCUT2D eigenvalue weighted by Gasteiger charge is -2.10. The van der Waals surface area contributed by atoms with Crippen molar-refractivity contribution in [3.05, 3.63) is 83.1 Å². The number of amides is 1. The van der Waals surface area contributed by atoms with Crippen molar-refractivity contribution in [2.75, 3.05) is 19.0 Å². The summed E-state index contributed by atoms with van der Waals surface area (Å²) >= 11 is 0. The minimum atomic E-state index is -0.758. The lowest BCUT2D eigenvalue weighted by Crippen LogP contribution is -2.16. The average Bonchev–Trinajstić information content (AvgIpc) is 3.28. The highest BCUT2D eigenvalue weighted by Crippen LogP contribution is 2.20. The highest BCUT2D eigenvalue weighted by Gasteiger charge is 2.16. The van der Waals surface area contributed by atoms with Gasteiger partial charge in [0.1, 0.15) is 0 Å². The third kappa shape index (κ3) is 4.72. The Morgan fingerprint density at radius 3 is 2.50 bits per heavy atom. The van der Waals surface area contributed by atoms with Crippen LogP contribution in [0, 0.1) is 12.7 Å². The first-order chi connectivity index (χ1) is 14.4. The molecule has 0 saturated heterocycles. The number of rotatable bonds is 7. The zero-order chi connectivity index (χ0) is 21.7. The molecule has 30 heavy (non-hydrogen) atoms. The number of ether oxygens (including phenoxy) is 2. The van der Waals surface area contributed by atoms with Gasteiger partial charge >= 0.3 is 5.97 Å². The van der Waals surface area contributed by atoms with E-state index in [1.807, 2.05) is 0 Å². The number of anilines is 1. The fourth-order valence-electron chi connectivity index (χ4n) is 2.61. The second-order valence-electron chi connectivity index (χ2n) is 6.31. The SMILES string of the molecule is COc1ccc(C(=O)COC(=O)c2ccc(C)c(NC(=O)c3ccco3)c2)cc1F. The number of carbonyl (C=O) groups excluding carboxylic acids is 3. The zero-order valence-electron chi connectivity index (χ0n) is 16.2. The molecule has 2 aromatic carbocycles. The molecule has 0 aliphatic rings. The Labute approximate surface area is 171 Å². The van der Waals surface area contributed by atoms with Crippen LogP contribution in [0.15, 0.2) is 59.2 Å². The number of esters is 1. The van der Waals surface area contributed by atoms with Crippen LogP contribution in [-0.4, -0.2) is 31.4 Å². The summed E-state index contributed by atoms with van der Waals surface area (Å²) in [5, 5.41) is 2.65. The van der Waals surface area contributed by atoms with Gasteiger partial charge in [-0.25, -0.2) is 9.18 Å². The summed E-state index contributed by atoms with van der Waals surface area (Å²) in [6.45, 7) is 1.20. The molecule has 1 aromatic heterocycles. The molecule has 0 atom stereocenters. The maximum Gasteiger partial charge on any atom is 0.338 e. The first-order valence-corrected chi connectivity index (χ1v) is 8.88. The number of furan rings is 1. The van der Waals surface area contributed by atoms with Crippen molar-refractivity contribution in [1.82, 2.24) is 0 Å². The van der Waals surface area contributed by atoms with Crippen LogP contribution in [0.3, 0.4) is 0 Å². The summed E-state index contributed by atoms with van der Waals surface area (Å²) in [5.74, 6) is -2.35. The number of benzene rings is 2. The number of hydrogen-bond acceptors (Lipinski definition) is 6. The Hall–Kier alpha value is -3.94. The van der Waals surface area contributed by atoms with E-state index in [2.05, 4.69) is 5.32 Å². The van der Waals surface area contributed by atoms with E-state index < -0.39 is 30.1 Å². The number of Topliss-reactive ketones (excluding diaryl/α,β-unsaturated/α-hetero) is 1. The van der Waals surface area contributed by atoms with Crippen LogP contribution in [0.1, 0.15) is 36.8 Å². The van der Waals surface area contributed by atoms with Crippen molar-refractivity contribution in [3.8, 4) is 5.75 Å². The van der Waals surface area contributed by atoms with Crippen molar-refractivity contribution < 1.29 is 32.7 Å². The number of ketones is 1. The first kappa shape index (κ1) is 20.8. The van der Waals surface area contributed by atoms with Crippen LogP contribution < -0.4 is 10.1 Å². The molecular formula is C22H18FNO6. The lowest BCUT2D eigenvalue weighted by molar-refractivity contribution is 0.0474. The number of halogens is 1. The van der Waals surface area contributed by atoms with E-state index in [0.717, 1.165) is 11.6 Å². The van der Waals surface area contributed by atoms with Gasteiger partial charge in [0.2, 0.25) is 0 Å². The topological polar surface area (TPSA) is 94.8 Å². The molecule has 154 valence electrons. The van der Waals surface area contributed by atoms with Crippen LogP contribution in [0.4, 0.5) is 10.1 Å². The number of nitrogens with one attached hydrogen (secondary N) is 1. The van der Waals surface area contributed by atoms with E-state index in [9.17, 15) is 18.8 Å². The molecule has 0 saturated carbocycles. The molecule has 1 N–H and O–H groups in total. The standard InChI is InChI=1S/C22H18FNO6/c1-13-5-6-15(11-17(13)24-21(26)20-4-3-9-29-20)22(27)30-12-18(25)14-7-8-19(28-2)16(23)10-14/h3-11H,12H2,1-2H3,(H,24,26). The highest BCUT2D eigenvalue weighted by atomic mass is 19.1. The van der Waals surface area contributed by atoms with E-state index in [4.69, 9.17) is 13.9 Å². The van der Waals surface area contributed by atoms with Gasteiger partial charge in [-0.15, -0.1) is 0 Å². The van der Waals surface area contributed by atoms with Crippen molar-refractivity contribution in [3.63, 3.8) is 0 Å². The second-order valence-corrected chi connectivity index (χ2v) is 6.31. The minimum Gasteiger partial charge on any atom is -0.494 e. The van der Waals surface area contributed by atoms with Gasteiger partial charge in [-0.05, 0) is 55.0 Å². The molecule has 0 aliphatic heterocycles. The average molecular weight is 411 g/mol. The number of hydrogen-bond donors (Lipinski definition) is 1. The third-order valence-corrected chi connectivity index (χ3v) is 4.27. The van der Waals surface area contributed by atoms with E-state index in [1.165, 1.54) is 43.7 Å². The second kappa shape index (κ2) is 9.04. The minimum absolute atomic E-state index is 0.00678. The molecule has 0 bridgehead atoms. The van der Waals surface area contributed by atoms with Gasteiger partial charge in [-0.3, -0.25) is 9.59 Å². The van der Waals surface area contributed by atoms with Gasteiger partial charge in [0.05, 0.1) is 18.9 Å². The summed E-state index contributed by atoms with van der Waals surface area (Å²) in [5.41, 5.74) is 1.31. The zero-order valence-corrected chi connectivity index (χ0v) is 16.2. The summed E-state index contributed by atoms with van der Waals surface area (Å²) in [4.78, 5) is 36.7. The Balaban J connectivity index is 1.66. The Bertz CT molecular complexity index is 1090. The molecule has 3 aromatic rings. The van der Waals surface area contributed by atoms with Gasteiger partial charge in [-0.1, -0.05) is 6.07 Å². The van der Waals surface area contributed by atoms with Crippen LogP contribution in [0.5, 0.6) is 5.75 Å². The molecule has 7 nitrogen and oxygen atoms in total. The molecule has 0 radical (unpaired) electrons. The van der Waals surface area contributed by atoms with Crippen LogP contribution in [-0.2, 0) is 4.74 Å². The number of carbonyl (C=O) groups is 3. The normalized spacial score (nSPS) is 10.4. The summed E-state index contributed by atoms with van der Waals surface area (Å²) < 4.78 is 28.6. The van der Waals surface area contributed by atoms with Crippen LogP contribution in [0.2, 0.25) is 0 Å². The molecule has 1 heterocycles. The maximum absolute atomic E-state index is 13.7. The molecular weight excluding hydrogens is 393 g/mol. The fourth-order valence-corrected chi connectivity index (χ4v) is 2.61. The first-order valence-electron chi connectivity index (χ1n) is 8.88. The van der Waals surface area contributed by atoms with E-state index in [0.29, 0.717) is 5.69 Å². The van der Waals surface area contributed by atoms with Gasteiger partial charge < -0.3 is 19.2 Å². The van der Waals surface area contributed by atoms with E-state index in [-0.39, 0.29) is 22.6 Å². The smallest absolute Gasteiger partial charge is 0.338 e. The molecule has 0 aliphatic carbocycles. The largest absolute Gasteiger partial charge is 0.494 e. The predicted molar refractivity (Wildman–Crippen MR) is 105 cm³/mol.